The summed E-state index contributed by atoms with van der Waals surface area (Å²) in [6, 6.07) is 6.25. The molecule has 2 heteroatoms. The summed E-state index contributed by atoms with van der Waals surface area (Å²) in [5, 5.41) is 0. The quantitative estimate of drug-likeness (QED) is 0.717. The topological polar surface area (TPSA) is 18.5 Å². The van der Waals surface area contributed by atoms with Crippen LogP contribution in [0.2, 0.25) is 0 Å². The Labute approximate surface area is 84.8 Å². The van der Waals surface area contributed by atoms with Gasteiger partial charge < -0.3 is 9.47 Å². The van der Waals surface area contributed by atoms with Crippen LogP contribution in [0.15, 0.2) is 18.2 Å². The Hall–Kier alpha value is -1.02. The molecule has 14 heavy (non-hydrogen) atoms. The van der Waals surface area contributed by atoms with E-state index in [2.05, 4.69) is 26.0 Å². The number of benzene rings is 1. The van der Waals surface area contributed by atoms with Crippen LogP contribution in [0, 0.1) is 12.8 Å². The summed E-state index contributed by atoms with van der Waals surface area (Å²) >= 11 is 0. The molecule has 1 fully saturated rings. The minimum Gasteiger partial charge on any atom is -0.496 e. The molecule has 2 unspecified atom stereocenters. The molecule has 1 aromatic rings. The molecule has 0 spiro atoms. The molecule has 2 rings (SSSR count). The van der Waals surface area contributed by atoms with Gasteiger partial charge in [0, 0.05) is 5.92 Å². The van der Waals surface area contributed by atoms with Gasteiger partial charge in [0.05, 0.1) is 19.8 Å². The lowest BCUT2D eigenvalue weighted by molar-refractivity contribution is -0.109. The first kappa shape index (κ1) is 9.53. The third kappa shape index (κ3) is 1.50. The molecule has 1 saturated heterocycles. The first-order chi connectivity index (χ1) is 6.72. The predicted molar refractivity (Wildman–Crippen MR) is 55.6 cm³/mol. The molecule has 0 bridgehead atoms. The highest BCUT2D eigenvalue weighted by molar-refractivity contribution is 5.37. The van der Waals surface area contributed by atoms with Gasteiger partial charge in [-0.1, -0.05) is 13.0 Å². The number of aryl methyl sites for hydroxylation is 1. The molecule has 1 heterocycles. The molecule has 76 valence electrons. The highest BCUT2D eigenvalue weighted by Crippen LogP contribution is 2.36. The fourth-order valence-electron chi connectivity index (χ4n) is 1.89. The second-order valence-electron chi connectivity index (χ2n) is 3.96. The zero-order valence-electron chi connectivity index (χ0n) is 8.91. The van der Waals surface area contributed by atoms with Crippen LogP contribution in [0.5, 0.6) is 5.75 Å². The van der Waals surface area contributed by atoms with Gasteiger partial charge in [-0.15, -0.1) is 0 Å². The van der Waals surface area contributed by atoms with Crippen LogP contribution in [-0.2, 0) is 4.74 Å². The normalized spacial score (nSPS) is 25.6. The van der Waals surface area contributed by atoms with E-state index < -0.39 is 0 Å². The molecule has 0 N–H and O–H groups in total. The van der Waals surface area contributed by atoms with Crippen LogP contribution in [0.1, 0.15) is 24.2 Å². The summed E-state index contributed by atoms with van der Waals surface area (Å²) in [5.74, 6) is 1.59. The molecule has 0 saturated carbocycles. The molecule has 0 radical (unpaired) electrons. The van der Waals surface area contributed by atoms with Gasteiger partial charge >= 0.3 is 0 Å². The second kappa shape index (κ2) is 3.62. The fourth-order valence-corrected chi connectivity index (χ4v) is 1.89. The number of rotatable bonds is 2. The van der Waals surface area contributed by atoms with Crippen molar-refractivity contribution >= 4 is 0 Å². The van der Waals surface area contributed by atoms with Gasteiger partial charge in [-0.2, -0.15) is 0 Å². The largest absolute Gasteiger partial charge is 0.496 e. The maximum Gasteiger partial charge on any atom is 0.121 e. The van der Waals surface area contributed by atoms with Crippen molar-refractivity contribution in [2.45, 2.75) is 20.0 Å². The van der Waals surface area contributed by atoms with E-state index in [1.807, 2.05) is 6.07 Å². The molecular formula is C12H16O2. The average Bonchev–Trinajstić information content (AvgIpc) is 2.16. The summed E-state index contributed by atoms with van der Waals surface area (Å²) in [6.45, 7) is 5.16. The van der Waals surface area contributed by atoms with Crippen LogP contribution in [0.4, 0.5) is 0 Å². The predicted octanol–water partition coefficient (Wildman–Crippen LogP) is 2.71. The second-order valence-corrected chi connectivity index (χ2v) is 3.96. The van der Waals surface area contributed by atoms with Gasteiger partial charge in [-0.05, 0) is 30.2 Å². The third-order valence-corrected chi connectivity index (χ3v) is 2.80. The highest BCUT2D eigenvalue weighted by Gasteiger charge is 2.29. The Morgan fingerprint density at radius 1 is 1.43 bits per heavy atom. The summed E-state index contributed by atoms with van der Waals surface area (Å²) in [6.07, 6.45) is 0.291. The minimum absolute atomic E-state index is 0.291. The van der Waals surface area contributed by atoms with E-state index in [4.69, 9.17) is 9.47 Å². The van der Waals surface area contributed by atoms with Crippen molar-refractivity contribution in [2.24, 2.45) is 5.92 Å². The van der Waals surface area contributed by atoms with Gasteiger partial charge in [0.1, 0.15) is 5.75 Å². The number of hydrogen-bond acceptors (Lipinski definition) is 2. The van der Waals surface area contributed by atoms with Crippen molar-refractivity contribution in [3.05, 3.63) is 29.3 Å². The van der Waals surface area contributed by atoms with E-state index in [0.29, 0.717) is 12.0 Å². The molecule has 1 aromatic carbocycles. The summed E-state index contributed by atoms with van der Waals surface area (Å²) in [5.41, 5.74) is 2.44. The number of ether oxygens (including phenoxy) is 2. The Kier molecular flexibility index (Phi) is 2.46. The summed E-state index contributed by atoms with van der Waals surface area (Å²) in [7, 11) is 1.70. The Morgan fingerprint density at radius 2 is 2.21 bits per heavy atom. The molecule has 0 amide bonds. The lowest BCUT2D eigenvalue weighted by Gasteiger charge is -2.34. The standard InChI is InChI=1S/C12H16O2/c1-8-6-10(4-5-11(8)13-3)12-9(2)7-14-12/h4-6,9,12H,7H2,1-3H3. The fraction of sp³-hybridized carbons (Fsp3) is 0.500. The first-order valence-corrected chi connectivity index (χ1v) is 4.98. The minimum atomic E-state index is 0.291. The summed E-state index contributed by atoms with van der Waals surface area (Å²) in [4.78, 5) is 0. The van der Waals surface area contributed by atoms with E-state index in [1.165, 1.54) is 11.1 Å². The van der Waals surface area contributed by atoms with Crippen LogP contribution < -0.4 is 4.74 Å². The maximum absolute atomic E-state index is 5.52. The van der Waals surface area contributed by atoms with Crippen molar-refractivity contribution < 1.29 is 9.47 Å². The van der Waals surface area contributed by atoms with Crippen molar-refractivity contribution in [3.8, 4) is 5.75 Å². The molecule has 0 aliphatic carbocycles. The molecule has 2 atom stereocenters. The smallest absolute Gasteiger partial charge is 0.121 e. The van der Waals surface area contributed by atoms with Crippen molar-refractivity contribution in [1.29, 1.82) is 0 Å². The highest BCUT2D eigenvalue weighted by atomic mass is 16.5. The Morgan fingerprint density at radius 3 is 2.64 bits per heavy atom. The van der Waals surface area contributed by atoms with E-state index in [-0.39, 0.29) is 0 Å². The average molecular weight is 192 g/mol. The lowest BCUT2D eigenvalue weighted by Crippen LogP contribution is -2.29. The summed E-state index contributed by atoms with van der Waals surface area (Å²) < 4.78 is 10.7. The zero-order valence-corrected chi connectivity index (χ0v) is 8.91. The molecular weight excluding hydrogens is 176 g/mol. The van der Waals surface area contributed by atoms with Crippen LogP contribution in [-0.4, -0.2) is 13.7 Å². The van der Waals surface area contributed by atoms with Gasteiger partial charge in [0.15, 0.2) is 0 Å². The number of methoxy groups -OCH3 is 1. The van der Waals surface area contributed by atoms with Crippen molar-refractivity contribution in [3.63, 3.8) is 0 Å². The third-order valence-electron chi connectivity index (χ3n) is 2.80. The van der Waals surface area contributed by atoms with Crippen molar-refractivity contribution in [1.82, 2.24) is 0 Å². The number of hydrogen-bond donors (Lipinski definition) is 0. The van der Waals surface area contributed by atoms with Gasteiger partial charge in [-0.3, -0.25) is 0 Å². The lowest BCUT2D eigenvalue weighted by atomic mass is 9.92. The molecule has 1 aliphatic heterocycles. The van der Waals surface area contributed by atoms with Gasteiger partial charge in [-0.25, -0.2) is 0 Å². The molecule has 0 aromatic heterocycles. The van der Waals surface area contributed by atoms with Crippen LogP contribution in [0.3, 0.4) is 0 Å². The Bertz CT molecular complexity index is 333. The van der Waals surface area contributed by atoms with E-state index in [9.17, 15) is 0 Å². The van der Waals surface area contributed by atoms with Gasteiger partial charge in [0.25, 0.3) is 0 Å². The first-order valence-electron chi connectivity index (χ1n) is 4.98. The van der Waals surface area contributed by atoms with Crippen LogP contribution >= 0.6 is 0 Å². The van der Waals surface area contributed by atoms with E-state index >= 15 is 0 Å². The zero-order chi connectivity index (χ0) is 10.1. The Balaban J connectivity index is 2.24. The van der Waals surface area contributed by atoms with E-state index in [0.717, 1.165) is 12.4 Å². The SMILES string of the molecule is COc1ccc(C2OCC2C)cc1C. The molecule has 1 aliphatic rings. The van der Waals surface area contributed by atoms with Crippen LogP contribution in [0.25, 0.3) is 0 Å². The van der Waals surface area contributed by atoms with Crippen molar-refractivity contribution in [2.75, 3.05) is 13.7 Å². The van der Waals surface area contributed by atoms with Gasteiger partial charge in [0.2, 0.25) is 0 Å². The maximum atomic E-state index is 5.52. The molecule has 2 nitrogen and oxygen atoms in total. The van der Waals surface area contributed by atoms with E-state index in [1.54, 1.807) is 7.11 Å². The monoisotopic (exact) mass is 192 g/mol.